The standard InChI is InChI=1S/C12H21F3N2O2/c1-11(2,3)19-10(18)17(12(13,14)15)8-9-6-4-5-7-16-9/h9,16H,4-8H2,1-3H3. The van der Waals surface area contributed by atoms with Gasteiger partial charge >= 0.3 is 12.4 Å². The third kappa shape index (κ3) is 5.67. The average molecular weight is 282 g/mol. The molecule has 1 rings (SSSR count). The van der Waals surface area contributed by atoms with Crippen molar-refractivity contribution in [3.63, 3.8) is 0 Å². The molecule has 1 unspecified atom stereocenters. The summed E-state index contributed by atoms with van der Waals surface area (Å²) in [5.41, 5.74) is -0.944. The van der Waals surface area contributed by atoms with Crippen molar-refractivity contribution in [3.8, 4) is 0 Å². The van der Waals surface area contributed by atoms with Crippen molar-refractivity contribution >= 4 is 6.09 Å². The summed E-state index contributed by atoms with van der Waals surface area (Å²) in [6.07, 6.45) is -3.60. The van der Waals surface area contributed by atoms with E-state index in [4.69, 9.17) is 4.74 Å². The summed E-state index contributed by atoms with van der Waals surface area (Å²) in [6.45, 7) is 4.90. The van der Waals surface area contributed by atoms with Crippen molar-refractivity contribution in [2.24, 2.45) is 0 Å². The fourth-order valence-electron chi connectivity index (χ4n) is 1.90. The van der Waals surface area contributed by atoms with Crippen molar-refractivity contribution in [3.05, 3.63) is 0 Å². The van der Waals surface area contributed by atoms with E-state index in [2.05, 4.69) is 5.32 Å². The van der Waals surface area contributed by atoms with Gasteiger partial charge in [0.05, 0.1) is 0 Å². The monoisotopic (exact) mass is 282 g/mol. The minimum Gasteiger partial charge on any atom is -0.444 e. The highest BCUT2D eigenvalue weighted by atomic mass is 19.4. The third-order valence-electron chi connectivity index (χ3n) is 2.74. The van der Waals surface area contributed by atoms with Gasteiger partial charge in [0.2, 0.25) is 0 Å². The molecule has 0 saturated carbocycles. The second-order valence-electron chi connectivity index (χ2n) is 5.71. The van der Waals surface area contributed by atoms with Crippen molar-refractivity contribution < 1.29 is 22.7 Å². The lowest BCUT2D eigenvalue weighted by Crippen LogP contribution is -2.52. The number of nitrogens with one attached hydrogen (secondary N) is 1. The molecule has 0 bridgehead atoms. The highest BCUT2D eigenvalue weighted by Crippen LogP contribution is 2.25. The molecule has 1 atom stereocenters. The van der Waals surface area contributed by atoms with Crippen LogP contribution in [0, 0.1) is 0 Å². The van der Waals surface area contributed by atoms with E-state index in [9.17, 15) is 18.0 Å². The summed E-state index contributed by atoms with van der Waals surface area (Å²) < 4.78 is 43.5. The number of amides is 1. The van der Waals surface area contributed by atoms with Gasteiger partial charge in [-0.25, -0.2) is 9.69 Å². The van der Waals surface area contributed by atoms with Gasteiger partial charge in [0, 0.05) is 12.6 Å². The van der Waals surface area contributed by atoms with Gasteiger partial charge in [-0.1, -0.05) is 6.42 Å². The lowest BCUT2D eigenvalue weighted by atomic mass is 10.0. The van der Waals surface area contributed by atoms with E-state index < -0.39 is 24.5 Å². The Hall–Kier alpha value is -0.980. The lowest BCUT2D eigenvalue weighted by molar-refractivity contribution is -0.234. The number of hydrogen-bond acceptors (Lipinski definition) is 3. The Morgan fingerprint density at radius 3 is 2.37 bits per heavy atom. The van der Waals surface area contributed by atoms with Gasteiger partial charge in [0.25, 0.3) is 0 Å². The summed E-state index contributed by atoms with van der Waals surface area (Å²) in [6, 6.07) is -0.331. The molecule has 1 fully saturated rings. The van der Waals surface area contributed by atoms with Crippen LogP contribution in [-0.2, 0) is 4.74 Å². The van der Waals surface area contributed by atoms with Gasteiger partial charge in [-0.2, -0.15) is 0 Å². The summed E-state index contributed by atoms with van der Waals surface area (Å²) in [5.74, 6) is 0. The number of carbonyl (C=O) groups is 1. The molecule has 0 radical (unpaired) electrons. The Bertz CT molecular complexity index is 307. The van der Waals surface area contributed by atoms with Gasteiger partial charge < -0.3 is 10.1 Å². The van der Waals surface area contributed by atoms with E-state index in [0.717, 1.165) is 12.8 Å². The first-order valence-corrected chi connectivity index (χ1v) is 6.40. The lowest BCUT2D eigenvalue weighted by Gasteiger charge is -2.33. The van der Waals surface area contributed by atoms with Crippen LogP contribution >= 0.6 is 0 Å². The Morgan fingerprint density at radius 1 is 1.32 bits per heavy atom. The average Bonchev–Trinajstić information content (AvgIpc) is 2.23. The zero-order chi connectivity index (χ0) is 14.7. The van der Waals surface area contributed by atoms with Gasteiger partial charge in [0.1, 0.15) is 5.60 Å². The Labute approximate surface area is 111 Å². The molecule has 112 valence electrons. The molecule has 1 aliphatic heterocycles. The third-order valence-corrected chi connectivity index (χ3v) is 2.74. The van der Waals surface area contributed by atoms with Crippen LogP contribution in [0.4, 0.5) is 18.0 Å². The number of alkyl halides is 3. The highest BCUT2D eigenvalue weighted by Gasteiger charge is 2.44. The van der Waals surface area contributed by atoms with Gasteiger partial charge in [-0.15, -0.1) is 13.2 Å². The van der Waals surface area contributed by atoms with Crippen LogP contribution in [0.1, 0.15) is 40.0 Å². The molecule has 0 aromatic rings. The van der Waals surface area contributed by atoms with E-state index in [1.165, 1.54) is 20.8 Å². The molecule has 7 heteroatoms. The molecular weight excluding hydrogens is 261 g/mol. The normalized spacial score (nSPS) is 21.1. The maximum atomic E-state index is 12.9. The number of hydrogen-bond donors (Lipinski definition) is 1. The quantitative estimate of drug-likeness (QED) is 0.792. The summed E-state index contributed by atoms with van der Waals surface area (Å²) in [7, 11) is 0. The van der Waals surface area contributed by atoms with E-state index in [1.807, 2.05) is 0 Å². The van der Waals surface area contributed by atoms with Crippen LogP contribution < -0.4 is 5.32 Å². The van der Waals surface area contributed by atoms with Crippen LogP contribution in [0.2, 0.25) is 0 Å². The molecule has 1 heterocycles. The van der Waals surface area contributed by atoms with Crippen molar-refractivity contribution in [1.82, 2.24) is 10.2 Å². The fraction of sp³-hybridized carbons (Fsp3) is 0.917. The zero-order valence-electron chi connectivity index (χ0n) is 11.5. The van der Waals surface area contributed by atoms with Crippen LogP contribution in [0.3, 0.4) is 0 Å². The summed E-state index contributed by atoms with van der Waals surface area (Å²) in [5, 5.41) is 2.99. The van der Waals surface area contributed by atoms with E-state index in [1.54, 1.807) is 0 Å². The highest BCUT2D eigenvalue weighted by molar-refractivity contribution is 5.68. The first-order chi connectivity index (χ1) is 8.59. The SMILES string of the molecule is CC(C)(C)OC(=O)N(CC1CCCCN1)C(F)(F)F. The predicted molar refractivity (Wildman–Crippen MR) is 64.6 cm³/mol. The van der Waals surface area contributed by atoms with Crippen molar-refractivity contribution in [2.75, 3.05) is 13.1 Å². The zero-order valence-corrected chi connectivity index (χ0v) is 11.5. The van der Waals surface area contributed by atoms with Crippen LogP contribution in [-0.4, -0.2) is 42.0 Å². The number of ether oxygens (including phenoxy) is 1. The van der Waals surface area contributed by atoms with Crippen LogP contribution in [0.5, 0.6) is 0 Å². The van der Waals surface area contributed by atoms with E-state index in [0.29, 0.717) is 13.0 Å². The largest absolute Gasteiger partial charge is 0.489 e. The minimum atomic E-state index is -4.72. The fourth-order valence-corrected chi connectivity index (χ4v) is 1.90. The number of nitrogens with zero attached hydrogens (tertiary/aromatic N) is 1. The van der Waals surface area contributed by atoms with Gasteiger partial charge in [-0.3, -0.25) is 0 Å². The molecule has 0 aliphatic carbocycles. The second kappa shape index (κ2) is 5.98. The van der Waals surface area contributed by atoms with Crippen LogP contribution in [0.15, 0.2) is 0 Å². The Kier molecular flexibility index (Phi) is 5.06. The maximum absolute atomic E-state index is 12.9. The first kappa shape index (κ1) is 16.1. The summed E-state index contributed by atoms with van der Waals surface area (Å²) >= 11 is 0. The number of rotatable bonds is 2. The molecule has 1 amide bonds. The Balaban J connectivity index is 2.69. The predicted octanol–water partition coefficient (Wildman–Crippen LogP) is 2.89. The first-order valence-electron chi connectivity index (χ1n) is 6.40. The van der Waals surface area contributed by atoms with Gasteiger partial charge in [-0.05, 0) is 40.2 Å². The molecular formula is C12H21F3N2O2. The topological polar surface area (TPSA) is 41.6 Å². The van der Waals surface area contributed by atoms with E-state index >= 15 is 0 Å². The number of piperidine rings is 1. The maximum Gasteiger partial charge on any atom is 0.489 e. The van der Waals surface area contributed by atoms with Crippen molar-refractivity contribution in [1.29, 1.82) is 0 Å². The number of carbonyl (C=O) groups excluding carboxylic acids is 1. The molecule has 1 saturated heterocycles. The van der Waals surface area contributed by atoms with E-state index in [-0.39, 0.29) is 10.9 Å². The molecule has 0 aromatic carbocycles. The Morgan fingerprint density at radius 2 is 1.95 bits per heavy atom. The molecule has 0 aromatic heterocycles. The van der Waals surface area contributed by atoms with Crippen molar-refractivity contribution in [2.45, 2.75) is 58.0 Å². The van der Waals surface area contributed by atoms with Crippen LogP contribution in [0.25, 0.3) is 0 Å². The molecule has 19 heavy (non-hydrogen) atoms. The number of halogens is 3. The molecule has 1 N–H and O–H groups in total. The summed E-state index contributed by atoms with van der Waals surface area (Å²) in [4.78, 5) is 11.5. The second-order valence-corrected chi connectivity index (χ2v) is 5.71. The molecule has 1 aliphatic rings. The van der Waals surface area contributed by atoms with Gasteiger partial charge in [0.15, 0.2) is 0 Å². The molecule has 4 nitrogen and oxygen atoms in total. The minimum absolute atomic E-state index is 0.152. The smallest absolute Gasteiger partial charge is 0.444 e. The molecule has 0 spiro atoms.